The molecule has 1 aromatic carbocycles. The molecule has 82 valence electrons. The van der Waals surface area contributed by atoms with Gasteiger partial charge < -0.3 is 11.1 Å². The van der Waals surface area contributed by atoms with Crippen LogP contribution in [0, 0.1) is 12.7 Å². The summed E-state index contributed by atoms with van der Waals surface area (Å²) in [4.78, 5) is 11.2. The van der Waals surface area contributed by atoms with Crippen LogP contribution in [-0.2, 0) is 4.79 Å². The normalized spacial score (nSPS) is 12.5. The highest BCUT2D eigenvalue weighted by Crippen LogP contribution is 2.18. The van der Waals surface area contributed by atoms with Gasteiger partial charge in [0.25, 0.3) is 0 Å². The van der Waals surface area contributed by atoms with Crippen molar-refractivity contribution in [3.05, 3.63) is 35.1 Å². The number of likely N-dealkylation sites (N-methyl/N-ethyl adjacent to an activating group) is 1. The summed E-state index contributed by atoms with van der Waals surface area (Å²) >= 11 is 0. The smallest absolute Gasteiger partial charge is 0.239 e. The van der Waals surface area contributed by atoms with E-state index in [2.05, 4.69) is 5.32 Å². The second-order valence-corrected chi connectivity index (χ2v) is 3.39. The number of nitrogens with one attached hydrogen (secondary N) is 1. The largest absolute Gasteiger partial charge is 0.368 e. The fourth-order valence-electron chi connectivity index (χ4n) is 1.49. The van der Waals surface area contributed by atoms with Gasteiger partial charge in [0.2, 0.25) is 5.91 Å². The molecule has 4 heteroatoms. The maximum absolute atomic E-state index is 13.0. The quantitative estimate of drug-likeness (QED) is 0.786. The fraction of sp³-hybridized carbons (Fsp3) is 0.364. The van der Waals surface area contributed by atoms with Gasteiger partial charge in [0.1, 0.15) is 11.9 Å². The molecule has 0 bridgehead atoms. The molecule has 0 spiro atoms. The second-order valence-electron chi connectivity index (χ2n) is 3.39. The van der Waals surface area contributed by atoms with E-state index >= 15 is 0 Å². The maximum Gasteiger partial charge on any atom is 0.239 e. The first-order valence-electron chi connectivity index (χ1n) is 4.85. The molecule has 0 fully saturated rings. The Kier molecular flexibility index (Phi) is 3.80. The lowest BCUT2D eigenvalue weighted by Crippen LogP contribution is -2.34. The Bertz CT molecular complexity index is 366. The number of halogens is 1. The SMILES string of the molecule is CCNC(C(N)=O)c1cc(F)ccc1C. The lowest BCUT2D eigenvalue weighted by molar-refractivity contribution is -0.120. The number of hydrogen-bond donors (Lipinski definition) is 2. The first kappa shape index (κ1) is 11.7. The van der Waals surface area contributed by atoms with Gasteiger partial charge in [-0.2, -0.15) is 0 Å². The Morgan fingerprint density at radius 1 is 1.60 bits per heavy atom. The molecule has 0 saturated heterocycles. The number of aryl methyl sites for hydroxylation is 1. The van der Waals surface area contributed by atoms with Crippen molar-refractivity contribution in [3.63, 3.8) is 0 Å². The molecule has 15 heavy (non-hydrogen) atoms. The molecule has 0 radical (unpaired) electrons. The van der Waals surface area contributed by atoms with Crippen LogP contribution >= 0.6 is 0 Å². The average Bonchev–Trinajstić information content (AvgIpc) is 2.18. The molecule has 0 aliphatic heterocycles. The van der Waals surface area contributed by atoms with Crippen LogP contribution in [0.3, 0.4) is 0 Å². The van der Waals surface area contributed by atoms with Crippen LogP contribution in [0.5, 0.6) is 0 Å². The summed E-state index contributed by atoms with van der Waals surface area (Å²) in [6.45, 7) is 4.29. The Hall–Kier alpha value is -1.42. The summed E-state index contributed by atoms with van der Waals surface area (Å²) in [7, 11) is 0. The van der Waals surface area contributed by atoms with Gasteiger partial charge in [-0.3, -0.25) is 4.79 Å². The van der Waals surface area contributed by atoms with Gasteiger partial charge in [-0.25, -0.2) is 4.39 Å². The number of benzene rings is 1. The van der Waals surface area contributed by atoms with Gasteiger partial charge in [-0.1, -0.05) is 13.0 Å². The Morgan fingerprint density at radius 3 is 2.80 bits per heavy atom. The van der Waals surface area contributed by atoms with Crippen LogP contribution in [0.25, 0.3) is 0 Å². The lowest BCUT2D eigenvalue weighted by Gasteiger charge is -2.16. The van der Waals surface area contributed by atoms with Crippen LogP contribution in [0.1, 0.15) is 24.1 Å². The van der Waals surface area contributed by atoms with Crippen molar-refractivity contribution in [1.29, 1.82) is 0 Å². The number of carbonyl (C=O) groups is 1. The zero-order valence-electron chi connectivity index (χ0n) is 8.88. The van der Waals surface area contributed by atoms with E-state index in [1.807, 2.05) is 13.8 Å². The zero-order valence-corrected chi connectivity index (χ0v) is 8.88. The van der Waals surface area contributed by atoms with Gasteiger partial charge in [-0.15, -0.1) is 0 Å². The summed E-state index contributed by atoms with van der Waals surface area (Å²) in [5.74, 6) is -0.856. The van der Waals surface area contributed by atoms with Gasteiger partial charge >= 0.3 is 0 Å². The van der Waals surface area contributed by atoms with Crippen molar-refractivity contribution in [1.82, 2.24) is 5.32 Å². The Labute approximate surface area is 88.5 Å². The molecule has 0 saturated carbocycles. The van der Waals surface area contributed by atoms with E-state index < -0.39 is 11.9 Å². The number of nitrogens with two attached hydrogens (primary N) is 1. The van der Waals surface area contributed by atoms with E-state index in [4.69, 9.17) is 5.73 Å². The number of primary amides is 1. The van der Waals surface area contributed by atoms with Crippen molar-refractivity contribution in [2.24, 2.45) is 5.73 Å². The molecule has 0 aromatic heterocycles. The Morgan fingerprint density at radius 2 is 2.27 bits per heavy atom. The molecule has 0 heterocycles. The average molecular weight is 210 g/mol. The molecule has 1 rings (SSSR count). The number of rotatable bonds is 4. The van der Waals surface area contributed by atoms with Crippen LogP contribution < -0.4 is 11.1 Å². The third-order valence-corrected chi connectivity index (χ3v) is 2.25. The van der Waals surface area contributed by atoms with Gasteiger partial charge in [-0.05, 0) is 36.7 Å². The summed E-state index contributed by atoms with van der Waals surface area (Å²) in [6.07, 6.45) is 0. The molecule has 0 aliphatic carbocycles. The summed E-state index contributed by atoms with van der Waals surface area (Å²) in [6, 6.07) is 3.72. The molecule has 1 unspecified atom stereocenters. The topological polar surface area (TPSA) is 55.1 Å². The molecule has 1 amide bonds. The van der Waals surface area contributed by atoms with Crippen molar-refractivity contribution in [2.45, 2.75) is 19.9 Å². The van der Waals surface area contributed by atoms with Crippen molar-refractivity contribution < 1.29 is 9.18 Å². The maximum atomic E-state index is 13.0. The highest BCUT2D eigenvalue weighted by atomic mass is 19.1. The molecular formula is C11H15FN2O. The highest BCUT2D eigenvalue weighted by molar-refractivity contribution is 5.81. The Balaban J connectivity index is 3.09. The standard InChI is InChI=1S/C11H15FN2O/c1-3-14-10(11(13)15)9-6-8(12)5-4-7(9)2/h4-6,10,14H,3H2,1-2H3,(H2,13,15). The van der Waals surface area contributed by atoms with E-state index in [0.717, 1.165) is 5.56 Å². The van der Waals surface area contributed by atoms with Crippen molar-refractivity contribution in [2.75, 3.05) is 6.54 Å². The molecule has 3 nitrogen and oxygen atoms in total. The fourth-order valence-corrected chi connectivity index (χ4v) is 1.49. The third-order valence-electron chi connectivity index (χ3n) is 2.25. The van der Waals surface area contributed by atoms with Crippen LogP contribution in [-0.4, -0.2) is 12.5 Å². The number of carbonyl (C=O) groups excluding carboxylic acids is 1. The number of amides is 1. The first-order valence-corrected chi connectivity index (χ1v) is 4.85. The summed E-state index contributed by atoms with van der Waals surface area (Å²) in [5, 5.41) is 2.93. The predicted molar refractivity (Wildman–Crippen MR) is 56.7 cm³/mol. The third kappa shape index (κ3) is 2.76. The molecule has 1 atom stereocenters. The van der Waals surface area contributed by atoms with Crippen molar-refractivity contribution >= 4 is 5.91 Å². The molecule has 0 aliphatic rings. The van der Waals surface area contributed by atoms with E-state index in [-0.39, 0.29) is 5.82 Å². The second kappa shape index (κ2) is 4.89. The van der Waals surface area contributed by atoms with Gasteiger partial charge in [0, 0.05) is 0 Å². The van der Waals surface area contributed by atoms with Crippen LogP contribution in [0.15, 0.2) is 18.2 Å². The highest BCUT2D eigenvalue weighted by Gasteiger charge is 2.18. The monoisotopic (exact) mass is 210 g/mol. The van der Waals surface area contributed by atoms with E-state index in [1.165, 1.54) is 12.1 Å². The van der Waals surface area contributed by atoms with E-state index in [9.17, 15) is 9.18 Å². The molecule has 1 aromatic rings. The minimum atomic E-state index is -0.620. The minimum absolute atomic E-state index is 0.361. The molecule has 3 N–H and O–H groups in total. The van der Waals surface area contributed by atoms with Crippen molar-refractivity contribution in [3.8, 4) is 0 Å². The van der Waals surface area contributed by atoms with E-state index in [1.54, 1.807) is 6.07 Å². The van der Waals surface area contributed by atoms with Crippen LogP contribution in [0.4, 0.5) is 4.39 Å². The van der Waals surface area contributed by atoms with E-state index in [0.29, 0.717) is 12.1 Å². The predicted octanol–water partition coefficient (Wildman–Crippen LogP) is 1.27. The first-order chi connectivity index (χ1) is 7.06. The summed E-state index contributed by atoms with van der Waals surface area (Å²) < 4.78 is 13.0. The minimum Gasteiger partial charge on any atom is -0.368 e. The molecular weight excluding hydrogens is 195 g/mol. The zero-order chi connectivity index (χ0) is 11.4. The van der Waals surface area contributed by atoms with Crippen LogP contribution in [0.2, 0.25) is 0 Å². The van der Waals surface area contributed by atoms with Gasteiger partial charge in [0.15, 0.2) is 0 Å². The van der Waals surface area contributed by atoms with Gasteiger partial charge in [0.05, 0.1) is 0 Å². The lowest BCUT2D eigenvalue weighted by atomic mass is 10.0. The number of hydrogen-bond acceptors (Lipinski definition) is 2. The summed E-state index contributed by atoms with van der Waals surface area (Å²) in [5.41, 5.74) is 6.70.